The Bertz CT molecular complexity index is 1060. The van der Waals surface area contributed by atoms with Crippen molar-refractivity contribution in [1.29, 1.82) is 0 Å². The van der Waals surface area contributed by atoms with E-state index in [4.69, 9.17) is 21.2 Å². The fourth-order valence-corrected chi connectivity index (χ4v) is 3.60. The zero-order chi connectivity index (χ0) is 20.5. The predicted octanol–water partition coefficient (Wildman–Crippen LogP) is 3.14. The topological polar surface area (TPSA) is 107 Å². The number of hydrogen-bond acceptors (Lipinski definition) is 7. The number of rotatable bonds is 5. The Kier molecular flexibility index (Phi) is 5.27. The number of phenols is 2. The second kappa shape index (κ2) is 7.87. The maximum Gasteiger partial charge on any atom is 0.176 e. The number of carbonyl (C=O) groups is 1. The number of benzene rings is 2. The summed E-state index contributed by atoms with van der Waals surface area (Å²) in [6, 6.07) is 9.48. The quantitative estimate of drug-likeness (QED) is 0.550. The van der Waals surface area contributed by atoms with Crippen LogP contribution in [0.1, 0.15) is 27.2 Å². The summed E-state index contributed by atoms with van der Waals surface area (Å²) in [7, 11) is 0. The molecule has 29 heavy (non-hydrogen) atoms. The average molecular weight is 415 g/mol. The summed E-state index contributed by atoms with van der Waals surface area (Å²) in [6.07, 6.45) is 0.613. The minimum atomic E-state index is -0.222. The minimum Gasteiger partial charge on any atom is -0.507 e. The van der Waals surface area contributed by atoms with Crippen molar-refractivity contribution in [2.75, 3.05) is 13.1 Å². The lowest BCUT2D eigenvalue weighted by molar-refractivity contribution is 0.0921. The van der Waals surface area contributed by atoms with E-state index >= 15 is 0 Å². The lowest BCUT2D eigenvalue weighted by Crippen LogP contribution is -2.34. The van der Waals surface area contributed by atoms with Gasteiger partial charge in [-0.05, 0) is 11.6 Å². The Morgan fingerprint density at radius 2 is 1.93 bits per heavy atom. The van der Waals surface area contributed by atoms with Crippen LogP contribution < -0.4 is 0 Å². The highest BCUT2D eigenvalue weighted by Gasteiger charge is 2.27. The second-order valence-electron chi connectivity index (χ2n) is 7.00. The maximum absolute atomic E-state index is 12.6. The molecule has 0 fully saturated rings. The van der Waals surface area contributed by atoms with Crippen LogP contribution in [-0.4, -0.2) is 44.2 Å². The van der Waals surface area contributed by atoms with Gasteiger partial charge in [0.05, 0.1) is 29.4 Å². The number of nitrogens with zero attached hydrogens (tertiary/aromatic N) is 2. The zero-order valence-corrected chi connectivity index (χ0v) is 16.2. The third-order valence-corrected chi connectivity index (χ3v) is 5.35. The van der Waals surface area contributed by atoms with Gasteiger partial charge in [-0.1, -0.05) is 41.0 Å². The number of aliphatic hydroxyl groups is 1. The molecule has 4 rings (SSSR count). The number of aromatic nitrogens is 1. The molecule has 150 valence electrons. The van der Waals surface area contributed by atoms with Gasteiger partial charge in [-0.25, -0.2) is 0 Å². The van der Waals surface area contributed by atoms with E-state index in [9.17, 15) is 15.0 Å². The van der Waals surface area contributed by atoms with Gasteiger partial charge in [0, 0.05) is 36.7 Å². The first-order valence-electron chi connectivity index (χ1n) is 9.11. The molecule has 0 unspecified atom stereocenters. The zero-order valence-electron chi connectivity index (χ0n) is 15.4. The number of halogens is 1. The molecule has 3 aromatic rings. The third-order valence-electron chi connectivity index (χ3n) is 5.05. The van der Waals surface area contributed by atoms with E-state index in [2.05, 4.69) is 5.16 Å². The molecular weight excluding hydrogens is 396 g/mol. The van der Waals surface area contributed by atoms with Gasteiger partial charge in [-0.15, -0.1) is 0 Å². The van der Waals surface area contributed by atoms with Crippen LogP contribution >= 0.6 is 11.6 Å². The van der Waals surface area contributed by atoms with E-state index in [0.29, 0.717) is 36.4 Å². The van der Waals surface area contributed by atoms with Crippen molar-refractivity contribution in [2.24, 2.45) is 0 Å². The summed E-state index contributed by atoms with van der Waals surface area (Å²) in [4.78, 5) is 14.6. The number of hydrogen-bond donors (Lipinski definition) is 3. The van der Waals surface area contributed by atoms with Crippen molar-refractivity contribution < 1.29 is 24.6 Å². The van der Waals surface area contributed by atoms with Crippen LogP contribution in [-0.2, 0) is 19.6 Å². The number of aromatic hydroxyl groups is 2. The van der Waals surface area contributed by atoms with E-state index in [1.807, 2.05) is 4.90 Å². The average Bonchev–Trinajstić information content (AvgIpc) is 3.14. The number of phenolic OH excluding ortho intramolecular Hbond substituents is 2. The highest BCUT2D eigenvalue weighted by Crippen LogP contribution is 2.40. The van der Waals surface area contributed by atoms with Gasteiger partial charge in [-0.2, -0.15) is 0 Å². The molecule has 7 nitrogen and oxygen atoms in total. The normalized spacial score (nSPS) is 14.0. The molecule has 0 saturated heterocycles. The standard InChI is InChI=1S/C21H19ClN2O5/c22-16-7-14(18(26)8-19(16)27)21-15-9-24(6-5-17(15)23-29-21)10-20(28)13-3-1-12(11-25)2-4-13/h1-4,7-8,25-27H,5-6,9-11H2. The van der Waals surface area contributed by atoms with Crippen molar-refractivity contribution in [2.45, 2.75) is 19.6 Å². The first kappa shape index (κ1) is 19.4. The van der Waals surface area contributed by atoms with Crippen LogP contribution in [0.15, 0.2) is 40.9 Å². The maximum atomic E-state index is 12.6. The largest absolute Gasteiger partial charge is 0.507 e. The Hall–Kier alpha value is -2.87. The number of aliphatic hydroxyl groups excluding tert-OH is 1. The van der Waals surface area contributed by atoms with Gasteiger partial charge in [0.15, 0.2) is 11.5 Å². The molecule has 0 radical (unpaired) electrons. The highest BCUT2D eigenvalue weighted by atomic mass is 35.5. The number of Topliss-reactive ketones (excluding diaryl/α,β-unsaturated/α-hetero) is 1. The van der Waals surface area contributed by atoms with Crippen LogP contribution in [0.3, 0.4) is 0 Å². The molecule has 2 heterocycles. The molecule has 0 saturated carbocycles. The Morgan fingerprint density at radius 3 is 2.66 bits per heavy atom. The van der Waals surface area contributed by atoms with Crippen LogP contribution in [0.2, 0.25) is 5.02 Å². The Labute approximate surface area is 171 Å². The predicted molar refractivity (Wildman–Crippen MR) is 106 cm³/mol. The smallest absolute Gasteiger partial charge is 0.176 e. The molecule has 1 aromatic heterocycles. The Balaban J connectivity index is 1.55. The van der Waals surface area contributed by atoms with Gasteiger partial charge in [0.25, 0.3) is 0 Å². The van der Waals surface area contributed by atoms with Crippen LogP contribution in [0.4, 0.5) is 0 Å². The first-order valence-corrected chi connectivity index (χ1v) is 9.48. The van der Waals surface area contributed by atoms with Gasteiger partial charge in [0.2, 0.25) is 0 Å². The van der Waals surface area contributed by atoms with Gasteiger partial charge in [-0.3, -0.25) is 9.69 Å². The fourth-order valence-electron chi connectivity index (χ4n) is 3.44. The van der Waals surface area contributed by atoms with Gasteiger partial charge < -0.3 is 19.8 Å². The molecule has 0 bridgehead atoms. The SMILES string of the molecule is O=C(CN1CCc2noc(-c3cc(Cl)c(O)cc3O)c2C1)c1ccc(CO)cc1. The lowest BCUT2D eigenvalue weighted by Gasteiger charge is -2.25. The van der Waals surface area contributed by atoms with Crippen LogP contribution in [0, 0.1) is 0 Å². The molecule has 0 atom stereocenters. The fraction of sp³-hybridized carbons (Fsp3) is 0.238. The summed E-state index contributed by atoms with van der Waals surface area (Å²) in [6.45, 7) is 1.26. The number of ketones is 1. The first-order chi connectivity index (χ1) is 14.0. The minimum absolute atomic E-state index is 0.0218. The van der Waals surface area contributed by atoms with Crippen molar-refractivity contribution >= 4 is 17.4 Å². The molecule has 2 aromatic carbocycles. The molecule has 0 amide bonds. The Morgan fingerprint density at radius 1 is 1.17 bits per heavy atom. The molecule has 1 aliphatic heterocycles. The number of carbonyl (C=O) groups excluding carboxylic acids is 1. The van der Waals surface area contributed by atoms with Gasteiger partial charge >= 0.3 is 0 Å². The molecule has 0 spiro atoms. The van der Waals surface area contributed by atoms with E-state index in [1.54, 1.807) is 24.3 Å². The van der Waals surface area contributed by atoms with E-state index < -0.39 is 0 Å². The molecular formula is C21H19ClN2O5. The number of fused-ring (bicyclic) bond motifs is 1. The van der Waals surface area contributed by atoms with E-state index in [1.165, 1.54) is 6.07 Å². The van der Waals surface area contributed by atoms with Crippen molar-refractivity contribution in [3.05, 3.63) is 63.8 Å². The third kappa shape index (κ3) is 3.85. The summed E-state index contributed by atoms with van der Waals surface area (Å²) < 4.78 is 5.46. The molecule has 3 N–H and O–H groups in total. The monoisotopic (exact) mass is 414 g/mol. The molecule has 1 aliphatic rings. The van der Waals surface area contributed by atoms with E-state index in [-0.39, 0.29) is 35.5 Å². The highest BCUT2D eigenvalue weighted by molar-refractivity contribution is 6.32. The van der Waals surface area contributed by atoms with Crippen LogP contribution in [0.25, 0.3) is 11.3 Å². The van der Waals surface area contributed by atoms with Gasteiger partial charge in [0.1, 0.15) is 11.5 Å². The summed E-state index contributed by atoms with van der Waals surface area (Å²) in [5.41, 5.74) is 3.25. The molecule has 0 aliphatic carbocycles. The van der Waals surface area contributed by atoms with E-state index in [0.717, 1.165) is 22.9 Å². The molecule has 8 heteroatoms. The van der Waals surface area contributed by atoms with Crippen molar-refractivity contribution in [3.8, 4) is 22.8 Å². The summed E-state index contributed by atoms with van der Waals surface area (Å²) in [5, 5.41) is 33.2. The summed E-state index contributed by atoms with van der Waals surface area (Å²) in [5.74, 6) is -0.0286. The van der Waals surface area contributed by atoms with Crippen molar-refractivity contribution in [3.63, 3.8) is 0 Å². The summed E-state index contributed by atoms with van der Waals surface area (Å²) >= 11 is 5.98. The lowest BCUT2D eigenvalue weighted by atomic mass is 10.00. The van der Waals surface area contributed by atoms with Crippen LogP contribution in [0.5, 0.6) is 11.5 Å². The second-order valence-corrected chi connectivity index (χ2v) is 7.40. The van der Waals surface area contributed by atoms with Crippen molar-refractivity contribution in [1.82, 2.24) is 10.1 Å².